The fraction of sp³-hybridized carbons (Fsp3) is 0.500. The number of azo groups is 2. The first-order valence-corrected chi connectivity index (χ1v) is 28.5. The van der Waals surface area contributed by atoms with Gasteiger partial charge in [0.1, 0.15) is 23.0 Å². The zero-order chi connectivity index (χ0) is 51.9. The van der Waals surface area contributed by atoms with Crippen LogP contribution in [0.1, 0.15) is 214 Å². The van der Waals surface area contributed by atoms with Crippen LogP contribution in [0.15, 0.2) is 142 Å². The number of rotatable bonds is 40. The van der Waals surface area contributed by atoms with Crippen molar-refractivity contribution in [2.24, 2.45) is 20.5 Å². The molecule has 10 heteroatoms. The summed E-state index contributed by atoms with van der Waals surface area (Å²) in [5.41, 5.74) is 3.24. The Morgan fingerprint density at radius 2 is 0.568 bits per heavy atom. The van der Waals surface area contributed by atoms with Crippen LogP contribution < -0.4 is 18.9 Å². The van der Waals surface area contributed by atoms with E-state index in [2.05, 4.69) is 34.3 Å². The van der Waals surface area contributed by atoms with Crippen LogP contribution >= 0.6 is 0 Å². The van der Waals surface area contributed by atoms with Crippen LogP contribution in [0.4, 0.5) is 22.7 Å². The molecule has 0 radical (unpaired) electrons. The Balaban J connectivity index is 0.917. The lowest BCUT2D eigenvalue weighted by molar-refractivity contribution is 0.0732. The molecule has 0 saturated heterocycles. The molecule has 0 spiro atoms. The topological polar surface area (TPSA) is 121 Å². The average Bonchev–Trinajstić information content (AvgIpc) is 3.43. The molecule has 0 aliphatic carbocycles. The summed E-state index contributed by atoms with van der Waals surface area (Å²) < 4.78 is 23.1. The van der Waals surface area contributed by atoms with Gasteiger partial charge in [-0.05, 0) is 122 Å². The van der Waals surface area contributed by atoms with Gasteiger partial charge in [-0.15, -0.1) is 0 Å². The van der Waals surface area contributed by atoms with Crippen LogP contribution in [-0.4, -0.2) is 25.2 Å². The zero-order valence-electron chi connectivity index (χ0n) is 45.0. The lowest BCUT2D eigenvalue weighted by Gasteiger charge is -2.08. The molecule has 0 aromatic heterocycles. The normalized spacial score (nSPS) is 11.4. The molecule has 0 fully saturated rings. The molecule has 0 bridgehead atoms. The number of hydrogen-bond donors (Lipinski definition) is 0. The second kappa shape index (κ2) is 37.6. The van der Waals surface area contributed by atoms with Crippen molar-refractivity contribution >= 4 is 34.7 Å². The molecular weight excluding hydrogens is 921 g/mol. The number of carbonyl (C=O) groups excluding carboxylic acids is 2. The van der Waals surface area contributed by atoms with Gasteiger partial charge >= 0.3 is 11.9 Å². The summed E-state index contributed by atoms with van der Waals surface area (Å²) >= 11 is 0. The number of carbonyl (C=O) groups is 2. The van der Waals surface area contributed by atoms with Gasteiger partial charge in [-0.1, -0.05) is 187 Å². The quantitative estimate of drug-likeness (QED) is 0.0167. The molecule has 0 aliphatic heterocycles. The highest BCUT2D eigenvalue weighted by Gasteiger charge is 2.13. The Labute approximate surface area is 444 Å². The van der Waals surface area contributed by atoms with Crippen LogP contribution in [-0.2, 0) is 0 Å². The fourth-order valence-corrected chi connectivity index (χ4v) is 8.68. The molecule has 74 heavy (non-hydrogen) atoms. The number of esters is 2. The zero-order valence-corrected chi connectivity index (χ0v) is 45.0. The summed E-state index contributed by atoms with van der Waals surface area (Å²) in [6, 6.07) is 34.9. The van der Waals surface area contributed by atoms with Crippen LogP contribution in [0, 0.1) is 0 Å². The number of hydrogen-bond acceptors (Lipinski definition) is 10. The Bertz CT molecular complexity index is 2150. The molecule has 0 saturated carbocycles. The highest BCUT2D eigenvalue weighted by Crippen LogP contribution is 2.27. The van der Waals surface area contributed by atoms with E-state index >= 15 is 0 Å². The molecule has 10 nitrogen and oxygen atoms in total. The summed E-state index contributed by atoms with van der Waals surface area (Å²) in [4.78, 5) is 26.0. The van der Waals surface area contributed by atoms with Gasteiger partial charge < -0.3 is 18.9 Å². The van der Waals surface area contributed by atoms with Gasteiger partial charge in [0.25, 0.3) is 0 Å². The summed E-state index contributed by atoms with van der Waals surface area (Å²) in [5.74, 6) is 0.984. The second-order valence-corrected chi connectivity index (χ2v) is 19.6. The van der Waals surface area contributed by atoms with Crippen molar-refractivity contribution < 1.29 is 28.5 Å². The largest absolute Gasteiger partial charge is 0.494 e. The Morgan fingerprint density at radius 3 is 0.851 bits per heavy atom. The van der Waals surface area contributed by atoms with Crippen molar-refractivity contribution in [1.29, 1.82) is 0 Å². The lowest BCUT2D eigenvalue weighted by atomic mass is 10.0. The van der Waals surface area contributed by atoms with Crippen molar-refractivity contribution in [2.45, 2.75) is 194 Å². The summed E-state index contributed by atoms with van der Waals surface area (Å²) in [6.07, 6.45) is 37.4. The Hall–Kier alpha value is -6.16. The van der Waals surface area contributed by atoms with E-state index in [4.69, 9.17) is 18.9 Å². The smallest absolute Gasteiger partial charge is 0.343 e. The number of unbranched alkanes of at least 4 members (excludes halogenated alkanes) is 26. The van der Waals surface area contributed by atoms with Crippen LogP contribution in [0.5, 0.6) is 23.0 Å². The lowest BCUT2D eigenvalue weighted by Crippen LogP contribution is -2.10. The van der Waals surface area contributed by atoms with E-state index < -0.39 is 11.9 Å². The van der Waals surface area contributed by atoms with Crippen molar-refractivity contribution in [2.75, 3.05) is 13.2 Å². The van der Waals surface area contributed by atoms with Crippen LogP contribution in [0.2, 0.25) is 0 Å². The van der Waals surface area contributed by atoms with Crippen LogP contribution in [0.3, 0.4) is 0 Å². The molecule has 0 heterocycles. The third-order valence-electron chi connectivity index (χ3n) is 13.2. The Kier molecular flexibility index (Phi) is 29.8. The molecule has 0 aliphatic rings. The SMILES string of the molecule is CCCCCCCCCCCCCCCCOc1ccc(N=Nc2ccc(C(=O)Oc3cccc(OC(=O)c4ccc(N=Nc5ccc(OCCCCCCCCCCCCCCCC)cc5)cc4)c3)cc2)cc1. The van der Waals surface area contributed by atoms with Crippen LogP contribution in [0.25, 0.3) is 0 Å². The molecule has 398 valence electrons. The van der Waals surface area contributed by atoms with Crippen molar-refractivity contribution in [3.8, 4) is 23.0 Å². The molecule has 0 atom stereocenters. The number of ether oxygens (including phenoxy) is 4. The predicted molar refractivity (Wildman–Crippen MR) is 302 cm³/mol. The molecule has 0 N–H and O–H groups in total. The van der Waals surface area contributed by atoms with E-state index in [1.165, 1.54) is 173 Å². The van der Waals surface area contributed by atoms with E-state index in [9.17, 15) is 9.59 Å². The maximum Gasteiger partial charge on any atom is 0.343 e. The van der Waals surface area contributed by atoms with Gasteiger partial charge in [0.2, 0.25) is 0 Å². The molecular formula is C64H86N4O6. The standard InChI is InChI=1S/C64H86N4O6/c1-3-5-7-9-11-13-15-17-19-21-23-25-27-29-50-71-59-46-42-57(43-47-59)67-65-55-38-34-53(35-39-55)63(69)73-61-32-31-33-62(52-61)74-64(70)54-36-40-56(41-37-54)66-68-58-44-48-60(49-45-58)72-51-30-28-26-24-22-20-18-16-14-12-10-8-6-4-2/h31-49,52H,3-30,50-51H2,1-2H3. The highest BCUT2D eigenvalue weighted by molar-refractivity contribution is 5.92. The number of nitrogens with zero attached hydrogens (tertiary/aromatic N) is 4. The molecule has 0 amide bonds. The highest BCUT2D eigenvalue weighted by atomic mass is 16.5. The molecule has 0 unspecified atom stereocenters. The van der Waals surface area contributed by atoms with E-state index in [0.717, 1.165) is 24.3 Å². The van der Waals surface area contributed by atoms with E-state index in [1.807, 2.05) is 48.5 Å². The summed E-state index contributed by atoms with van der Waals surface area (Å²) in [6.45, 7) is 5.98. The monoisotopic (exact) mass is 1010 g/mol. The van der Waals surface area contributed by atoms with Gasteiger partial charge in [0, 0.05) is 6.07 Å². The molecule has 5 aromatic rings. The minimum atomic E-state index is -0.564. The van der Waals surface area contributed by atoms with Gasteiger partial charge in [-0.2, -0.15) is 20.5 Å². The van der Waals surface area contributed by atoms with E-state index in [1.54, 1.807) is 66.7 Å². The third kappa shape index (κ3) is 25.7. The third-order valence-corrected chi connectivity index (χ3v) is 13.2. The van der Waals surface area contributed by atoms with Gasteiger partial charge in [-0.3, -0.25) is 0 Å². The second-order valence-electron chi connectivity index (χ2n) is 19.6. The van der Waals surface area contributed by atoms with Gasteiger partial charge in [0.05, 0.1) is 47.1 Å². The van der Waals surface area contributed by atoms with E-state index in [-0.39, 0.29) is 11.5 Å². The molecule has 5 rings (SSSR count). The predicted octanol–water partition coefficient (Wildman–Crippen LogP) is 20.7. The van der Waals surface area contributed by atoms with Gasteiger partial charge in [-0.25, -0.2) is 9.59 Å². The average molecular weight is 1010 g/mol. The maximum absolute atomic E-state index is 13.0. The number of benzene rings is 5. The maximum atomic E-state index is 13.0. The summed E-state index contributed by atoms with van der Waals surface area (Å²) in [7, 11) is 0. The van der Waals surface area contributed by atoms with Crippen molar-refractivity contribution in [1.82, 2.24) is 0 Å². The Morgan fingerprint density at radius 1 is 0.311 bits per heavy atom. The fourth-order valence-electron chi connectivity index (χ4n) is 8.68. The van der Waals surface area contributed by atoms with E-state index in [0.29, 0.717) is 47.1 Å². The van der Waals surface area contributed by atoms with Gasteiger partial charge in [0.15, 0.2) is 0 Å². The summed E-state index contributed by atoms with van der Waals surface area (Å²) in [5, 5.41) is 17.3. The first-order valence-electron chi connectivity index (χ1n) is 28.5. The van der Waals surface area contributed by atoms with Crippen molar-refractivity contribution in [3.63, 3.8) is 0 Å². The molecule has 5 aromatic carbocycles. The minimum absolute atomic E-state index is 0.233. The van der Waals surface area contributed by atoms with Crippen molar-refractivity contribution in [3.05, 3.63) is 132 Å². The first kappa shape index (κ1) is 58.7. The first-order chi connectivity index (χ1) is 36.5. The minimum Gasteiger partial charge on any atom is -0.494 e.